The van der Waals surface area contributed by atoms with Gasteiger partial charge in [-0.3, -0.25) is 4.90 Å². The molecule has 3 heteroatoms. The van der Waals surface area contributed by atoms with Crippen LogP contribution >= 0.6 is 0 Å². The van der Waals surface area contributed by atoms with E-state index in [-0.39, 0.29) is 0 Å². The molecule has 1 atom stereocenters. The van der Waals surface area contributed by atoms with Crippen LogP contribution < -0.4 is 5.32 Å². The van der Waals surface area contributed by atoms with Crippen molar-refractivity contribution >= 4 is 0 Å². The van der Waals surface area contributed by atoms with Gasteiger partial charge in [-0.2, -0.15) is 0 Å². The minimum atomic E-state index is -0.887. The smallest absolute Gasteiger partial charge is 0.115 e. The largest absolute Gasteiger partial charge is 0.376 e. The van der Waals surface area contributed by atoms with Crippen LogP contribution in [0.4, 0.5) is 0 Å². The standard InChI is InChI=1S/C7H15N2O/c1-7(2,10)9-5-3-8-4-6-9/h8,10H,1,3-6H2,2H3. The number of hydrogen-bond donors (Lipinski definition) is 2. The summed E-state index contributed by atoms with van der Waals surface area (Å²) in [5.41, 5.74) is -0.887. The topological polar surface area (TPSA) is 35.5 Å². The second kappa shape index (κ2) is 2.86. The summed E-state index contributed by atoms with van der Waals surface area (Å²) in [6.45, 7) is 9.04. The molecule has 1 aliphatic rings. The molecule has 0 aromatic heterocycles. The Morgan fingerprint density at radius 1 is 1.50 bits per heavy atom. The molecule has 0 aliphatic carbocycles. The van der Waals surface area contributed by atoms with Gasteiger partial charge >= 0.3 is 0 Å². The monoisotopic (exact) mass is 143 g/mol. The molecule has 1 aliphatic heterocycles. The molecule has 0 aromatic carbocycles. The Morgan fingerprint density at radius 2 is 2.00 bits per heavy atom. The Bertz CT molecular complexity index is 103. The molecule has 0 saturated carbocycles. The van der Waals surface area contributed by atoms with Crippen molar-refractivity contribution in [1.29, 1.82) is 0 Å². The molecule has 1 fully saturated rings. The third-order valence-corrected chi connectivity index (χ3v) is 1.80. The minimum absolute atomic E-state index is 0.885. The summed E-state index contributed by atoms with van der Waals surface area (Å²) in [5.74, 6) is 0. The number of nitrogens with one attached hydrogen (secondary N) is 1. The van der Waals surface area contributed by atoms with Crippen LogP contribution in [0.25, 0.3) is 0 Å². The number of aliphatic hydroxyl groups is 1. The van der Waals surface area contributed by atoms with Crippen LogP contribution in [0.2, 0.25) is 0 Å². The summed E-state index contributed by atoms with van der Waals surface area (Å²) in [5, 5.41) is 12.6. The van der Waals surface area contributed by atoms with Gasteiger partial charge in [0.25, 0.3) is 0 Å². The van der Waals surface area contributed by atoms with E-state index < -0.39 is 5.72 Å². The first-order chi connectivity index (χ1) is 4.61. The van der Waals surface area contributed by atoms with Gasteiger partial charge < -0.3 is 10.4 Å². The molecule has 10 heavy (non-hydrogen) atoms. The van der Waals surface area contributed by atoms with Crippen molar-refractivity contribution in [3.8, 4) is 0 Å². The lowest BCUT2D eigenvalue weighted by atomic mass is 10.2. The zero-order valence-corrected chi connectivity index (χ0v) is 6.43. The molecule has 1 unspecified atom stereocenters. The highest BCUT2D eigenvalue weighted by atomic mass is 16.3. The van der Waals surface area contributed by atoms with E-state index in [1.807, 2.05) is 4.90 Å². The van der Waals surface area contributed by atoms with E-state index in [1.54, 1.807) is 6.92 Å². The summed E-state index contributed by atoms with van der Waals surface area (Å²) < 4.78 is 0. The number of hydrogen-bond acceptors (Lipinski definition) is 3. The van der Waals surface area contributed by atoms with Crippen molar-refractivity contribution in [1.82, 2.24) is 10.2 Å². The van der Waals surface area contributed by atoms with Crippen LogP contribution in [0.3, 0.4) is 0 Å². The predicted octanol–water partition coefficient (Wildman–Crippen LogP) is -0.566. The summed E-state index contributed by atoms with van der Waals surface area (Å²) in [6.07, 6.45) is 0. The maximum atomic E-state index is 9.43. The van der Waals surface area contributed by atoms with E-state index >= 15 is 0 Å². The minimum Gasteiger partial charge on any atom is -0.376 e. The molecule has 1 heterocycles. The van der Waals surface area contributed by atoms with Gasteiger partial charge in [-0.1, -0.05) is 0 Å². The Kier molecular flexibility index (Phi) is 2.28. The zero-order chi connectivity index (χ0) is 7.61. The second-order valence-corrected chi connectivity index (χ2v) is 2.95. The van der Waals surface area contributed by atoms with E-state index in [4.69, 9.17) is 0 Å². The van der Waals surface area contributed by atoms with Crippen molar-refractivity contribution < 1.29 is 5.11 Å². The van der Waals surface area contributed by atoms with E-state index in [0.717, 1.165) is 26.2 Å². The first-order valence-corrected chi connectivity index (χ1v) is 3.64. The summed E-state index contributed by atoms with van der Waals surface area (Å²) >= 11 is 0. The first-order valence-electron chi connectivity index (χ1n) is 3.64. The van der Waals surface area contributed by atoms with Crippen LogP contribution in [-0.4, -0.2) is 41.9 Å². The average Bonchev–Trinajstić information content (AvgIpc) is 1.88. The van der Waals surface area contributed by atoms with Gasteiger partial charge in [0.1, 0.15) is 5.72 Å². The van der Waals surface area contributed by atoms with Crippen LogP contribution in [0.15, 0.2) is 0 Å². The molecule has 59 valence electrons. The third-order valence-electron chi connectivity index (χ3n) is 1.80. The van der Waals surface area contributed by atoms with Crippen LogP contribution in [0, 0.1) is 6.92 Å². The highest BCUT2D eigenvalue weighted by molar-refractivity contribution is 4.80. The fourth-order valence-corrected chi connectivity index (χ4v) is 1.15. The first kappa shape index (κ1) is 7.98. The highest BCUT2D eigenvalue weighted by Gasteiger charge is 2.24. The normalized spacial score (nSPS) is 23.1. The summed E-state index contributed by atoms with van der Waals surface area (Å²) in [4.78, 5) is 1.96. The van der Waals surface area contributed by atoms with Crippen molar-refractivity contribution in [2.45, 2.75) is 12.6 Å². The Labute approximate surface area is 62.0 Å². The fourth-order valence-electron chi connectivity index (χ4n) is 1.15. The van der Waals surface area contributed by atoms with Crippen molar-refractivity contribution in [2.24, 2.45) is 0 Å². The Morgan fingerprint density at radius 3 is 2.30 bits per heavy atom. The van der Waals surface area contributed by atoms with E-state index in [1.165, 1.54) is 0 Å². The van der Waals surface area contributed by atoms with Gasteiger partial charge in [-0.15, -0.1) is 0 Å². The van der Waals surface area contributed by atoms with E-state index in [9.17, 15) is 5.11 Å². The summed E-state index contributed by atoms with van der Waals surface area (Å²) in [6, 6.07) is 0. The zero-order valence-electron chi connectivity index (χ0n) is 6.43. The van der Waals surface area contributed by atoms with Crippen molar-refractivity contribution in [3.63, 3.8) is 0 Å². The molecule has 1 saturated heterocycles. The van der Waals surface area contributed by atoms with E-state index in [2.05, 4.69) is 12.2 Å². The average molecular weight is 143 g/mol. The molecule has 0 amide bonds. The fraction of sp³-hybridized carbons (Fsp3) is 0.857. The molecular formula is C7H15N2O. The lowest BCUT2D eigenvalue weighted by Crippen LogP contribution is -2.53. The van der Waals surface area contributed by atoms with Gasteiger partial charge in [0.05, 0.1) is 0 Å². The lowest BCUT2D eigenvalue weighted by molar-refractivity contribution is -0.0607. The molecule has 0 bridgehead atoms. The number of nitrogens with zero attached hydrogens (tertiary/aromatic N) is 1. The van der Waals surface area contributed by atoms with Gasteiger partial charge in [0, 0.05) is 26.2 Å². The Hall–Kier alpha value is -0.120. The maximum absolute atomic E-state index is 9.43. The van der Waals surface area contributed by atoms with Crippen LogP contribution in [-0.2, 0) is 0 Å². The SMILES string of the molecule is [CH2]C(C)(O)N1CCNCC1. The Balaban J connectivity index is 2.39. The van der Waals surface area contributed by atoms with Crippen LogP contribution in [0.5, 0.6) is 0 Å². The highest BCUT2D eigenvalue weighted by Crippen LogP contribution is 2.08. The molecular weight excluding hydrogens is 128 g/mol. The van der Waals surface area contributed by atoms with Crippen molar-refractivity contribution in [3.05, 3.63) is 6.92 Å². The third kappa shape index (κ3) is 1.94. The molecule has 3 nitrogen and oxygen atoms in total. The molecule has 1 rings (SSSR count). The van der Waals surface area contributed by atoms with Crippen LogP contribution in [0.1, 0.15) is 6.92 Å². The van der Waals surface area contributed by atoms with Gasteiger partial charge in [-0.25, -0.2) is 0 Å². The van der Waals surface area contributed by atoms with E-state index in [0.29, 0.717) is 0 Å². The molecule has 1 radical (unpaired) electrons. The lowest BCUT2D eigenvalue weighted by Gasteiger charge is -2.36. The molecule has 0 spiro atoms. The second-order valence-electron chi connectivity index (χ2n) is 2.95. The number of rotatable bonds is 1. The van der Waals surface area contributed by atoms with Gasteiger partial charge in [0.2, 0.25) is 0 Å². The maximum Gasteiger partial charge on any atom is 0.115 e. The predicted molar refractivity (Wildman–Crippen MR) is 40.4 cm³/mol. The summed E-state index contributed by atoms with van der Waals surface area (Å²) in [7, 11) is 0. The van der Waals surface area contributed by atoms with Gasteiger partial charge in [0.15, 0.2) is 0 Å². The van der Waals surface area contributed by atoms with Crippen molar-refractivity contribution in [2.75, 3.05) is 26.2 Å². The van der Waals surface area contributed by atoms with Gasteiger partial charge in [-0.05, 0) is 13.8 Å². The quantitative estimate of drug-likeness (QED) is 0.516. The molecule has 2 N–H and O–H groups in total. The molecule has 0 aromatic rings. The number of piperazine rings is 1.